The van der Waals surface area contributed by atoms with Crippen LogP contribution in [0, 0.1) is 0 Å². The number of hydrogen-bond donors (Lipinski definition) is 1. The van der Waals surface area contributed by atoms with Crippen LogP contribution in [0.25, 0.3) is 0 Å². The lowest BCUT2D eigenvalue weighted by Gasteiger charge is -1.97. The summed E-state index contributed by atoms with van der Waals surface area (Å²) in [4.78, 5) is 0. The van der Waals surface area contributed by atoms with Gasteiger partial charge in [0.15, 0.2) is 0 Å². The van der Waals surface area contributed by atoms with Crippen molar-refractivity contribution in [2.45, 2.75) is 0 Å². The molecule has 0 aromatic rings. The third-order valence-electron chi connectivity index (χ3n) is 0.722. The van der Waals surface area contributed by atoms with Crippen LogP contribution in [0.1, 0.15) is 0 Å². The van der Waals surface area contributed by atoms with Gasteiger partial charge in [0.05, 0.1) is 7.11 Å². The molecule has 0 fully saturated rings. The predicted octanol–water partition coefficient (Wildman–Crippen LogP) is 0.695. The molecule has 0 spiro atoms. The van der Waals surface area contributed by atoms with Crippen molar-refractivity contribution >= 4 is 0 Å². The van der Waals surface area contributed by atoms with Gasteiger partial charge < -0.3 is 9.84 Å². The van der Waals surface area contributed by atoms with Crippen LogP contribution in [0.5, 0.6) is 0 Å². The predicted molar refractivity (Wildman–Crippen MR) is 32.4 cm³/mol. The highest BCUT2D eigenvalue weighted by molar-refractivity contribution is 5.03. The molecule has 0 aromatic heterocycles. The summed E-state index contributed by atoms with van der Waals surface area (Å²) in [5.74, 6) is 0.528. The summed E-state index contributed by atoms with van der Waals surface area (Å²) in [6.07, 6.45) is 3.18. The molecule has 46 valence electrons. The first-order valence-electron chi connectivity index (χ1n) is 2.31. The second kappa shape index (κ2) is 4.40. The monoisotopic (exact) mass is 114 g/mol. The van der Waals surface area contributed by atoms with Crippen LogP contribution in [0.2, 0.25) is 0 Å². The average molecular weight is 114 g/mol. The van der Waals surface area contributed by atoms with Gasteiger partial charge in [0, 0.05) is 0 Å². The third-order valence-corrected chi connectivity index (χ3v) is 0.722. The fraction of sp³-hybridized carbons (Fsp3) is 0.333. The normalized spacial score (nSPS) is 11.0. The largest absolute Gasteiger partial charge is 0.499 e. The molecule has 0 saturated carbocycles. The molecule has 0 unspecified atom stereocenters. The van der Waals surface area contributed by atoms with Crippen LogP contribution in [-0.4, -0.2) is 18.8 Å². The second-order valence-electron chi connectivity index (χ2n) is 1.23. The molecule has 0 heterocycles. The lowest BCUT2D eigenvalue weighted by molar-refractivity contribution is 0.207. The van der Waals surface area contributed by atoms with Gasteiger partial charge >= 0.3 is 0 Å². The van der Waals surface area contributed by atoms with Crippen molar-refractivity contribution in [1.29, 1.82) is 0 Å². The molecule has 0 aliphatic heterocycles. The zero-order chi connectivity index (χ0) is 6.41. The van der Waals surface area contributed by atoms with Crippen LogP contribution in [0.3, 0.4) is 0 Å². The molecule has 2 nitrogen and oxygen atoms in total. The Kier molecular flexibility index (Phi) is 3.98. The van der Waals surface area contributed by atoms with Gasteiger partial charge in [-0.15, -0.1) is 0 Å². The van der Waals surface area contributed by atoms with Crippen molar-refractivity contribution in [2.24, 2.45) is 0 Å². The number of hydrogen-bond acceptors (Lipinski definition) is 2. The standard InChI is InChI=1S/C6H10O2/c1-3-4-6(5-7)8-2/h3-4,7H,1,5H2,2H3/b6-4+. The van der Waals surface area contributed by atoms with E-state index in [9.17, 15) is 0 Å². The van der Waals surface area contributed by atoms with E-state index in [0.29, 0.717) is 5.76 Å². The van der Waals surface area contributed by atoms with Gasteiger partial charge in [0.2, 0.25) is 0 Å². The molecule has 1 N–H and O–H groups in total. The Morgan fingerprint density at radius 3 is 2.62 bits per heavy atom. The van der Waals surface area contributed by atoms with Gasteiger partial charge in [-0.2, -0.15) is 0 Å². The van der Waals surface area contributed by atoms with Crippen molar-refractivity contribution in [3.8, 4) is 0 Å². The smallest absolute Gasteiger partial charge is 0.121 e. The fourth-order valence-electron chi connectivity index (χ4n) is 0.317. The van der Waals surface area contributed by atoms with Crippen molar-refractivity contribution in [2.75, 3.05) is 13.7 Å². The molecule has 8 heavy (non-hydrogen) atoms. The summed E-state index contributed by atoms with van der Waals surface area (Å²) in [7, 11) is 1.51. The average Bonchev–Trinajstić information content (AvgIpc) is 1.83. The number of rotatable bonds is 3. The maximum absolute atomic E-state index is 8.42. The number of methoxy groups -OCH3 is 1. The van der Waals surface area contributed by atoms with E-state index in [1.807, 2.05) is 0 Å². The zero-order valence-corrected chi connectivity index (χ0v) is 4.92. The fourth-order valence-corrected chi connectivity index (χ4v) is 0.317. The van der Waals surface area contributed by atoms with Crippen LogP contribution >= 0.6 is 0 Å². The number of ether oxygens (including phenoxy) is 1. The molecule has 0 saturated heterocycles. The molecule has 0 aliphatic carbocycles. The first kappa shape index (κ1) is 7.24. The minimum atomic E-state index is -0.0669. The Labute approximate surface area is 49.1 Å². The summed E-state index contributed by atoms with van der Waals surface area (Å²) in [6, 6.07) is 0. The second-order valence-corrected chi connectivity index (χ2v) is 1.23. The number of aliphatic hydroxyl groups excluding tert-OH is 1. The van der Waals surface area contributed by atoms with Gasteiger partial charge in [0.25, 0.3) is 0 Å². The summed E-state index contributed by atoms with van der Waals surface area (Å²) < 4.78 is 4.68. The highest BCUT2D eigenvalue weighted by atomic mass is 16.5. The van der Waals surface area contributed by atoms with E-state index in [0.717, 1.165) is 0 Å². The molecular formula is C6H10O2. The van der Waals surface area contributed by atoms with E-state index in [4.69, 9.17) is 5.11 Å². The molecule has 0 radical (unpaired) electrons. The van der Waals surface area contributed by atoms with Gasteiger partial charge in [-0.05, 0) is 6.08 Å². The van der Waals surface area contributed by atoms with E-state index in [1.165, 1.54) is 7.11 Å². The molecule has 2 heteroatoms. The highest BCUT2D eigenvalue weighted by Crippen LogP contribution is 1.91. The van der Waals surface area contributed by atoms with Crippen molar-refractivity contribution in [3.05, 3.63) is 24.5 Å². The van der Waals surface area contributed by atoms with Crippen LogP contribution in [0.15, 0.2) is 24.5 Å². The quantitative estimate of drug-likeness (QED) is 0.432. The Balaban J connectivity index is 3.66. The summed E-state index contributed by atoms with van der Waals surface area (Å²) in [6.45, 7) is 3.36. The third kappa shape index (κ3) is 2.42. The SMILES string of the molecule is C=C/C=C(\CO)OC. The topological polar surface area (TPSA) is 29.5 Å². The maximum atomic E-state index is 8.42. The molecule has 0 bridgehead atoms. The summed E-state index contributed by atoms with van der Waals surface area (Å²) in [5.41, 5.74) is 0. The summed E-state index contributed by atoms with van der Waals surface area (Å²) in [5, 5.41) is 8.42. The van der Waals surface area contributed by atoms with Crippen molar-refractivity contribution in [1.82, 2.24) is 0 Å². The van der Waals surface area contributed by atoms with Crippen molar-refractivity contribution in [3.63, 3.8) is 0 Å². The first-order chi connectivity index (χ1) is 3.85. The Morgan fingerprint density at radius 2 is 2.50 bits per heavy atom. The Hall–Kier alpha value is -0.760. The lowest BCUT2D eigenvalue weighted by Crippen LogP contribution is -1.90. The number of allylic oxidation sites excluding steroid dienone is 2. The summed E-state index contributed by atoms with van der Waals surface area (Å²) >= 11 is 0. The maximum Gasteiger partial charge on any atom is 0.121 e. The molecule has 0 amide bonds. The van der Waals surface area contributed by atoms with Crippen LogP contribution in [-0.2, 0) is 4.74 Å². The zero-order valence-electron chi connectivity index (χ0n) is 4.92. The van der Waals surface area contributed by atoms with E-state index < -0.39 is 0 Å². The highest BCUT2D eigenvalue weighted by Gasteiger charge is 1.85. The van der Waals surface area contributed by atoms with E-state index in [-0.39, 0.29) is 6.61 Å². The van der Waals surface area contributed by atoms with Crippen molar-refractivity contribution < 1.29 is 9.84 Å². The number of aliphatic hydroxyl groups is 1. The first-order valence-corrected chi connectivity index (χ1v) is 2.31. The lowest BCUT2D eigenvalue weighted by atomic mass is 10.4. The molecule has 0 rings (SSSR count). The van der Waals surface area contributed by atoms with Gasteiger partial charge in [-0.25, -0.2) is 0 Å². The van der Waals surface area contributed by atoms with E-state index in [1.54, 1.807) is 12.2 Å². The minimum absolute atomic E-state index is 0.0669. The van der Waals surface area contributed by atoms with Gasteiger partial charge in [-0.3, -0.25) is 0 Å². The Morgan fingerprint density at radius 1 is 1.88 bits per heavy atom. The van der Waals surface area contributed by atoms with Crippen LogP contribution < -0.4 is 0 Å². The molecule has 0 aromatic carbocycles. The Bertz CT molecular complexity index is 88.7. The van der Waals surface area contributed by atoms with Gasteiger partial charge in [0.1, 0.15) is 12.4 Å². The van der Waals surface area contributed by atoms with E-state index >= 15 is 0 Å². The van der Waals surface area contributed by atoms with Gasteiger partial charge in [-0.1, -0.05) is 12.7 Å². The van der Waals surface area contributed by atoms with E-state index in [2.05, 4.69) is 11.3 Å². The molecule has 0 atom stereocenters. The molecule has 0 aliphatic rings. The van der Waals surface area contributed by atoms with Crippen LogP contribution in [0.4, 0.5) is 0 Å². The molecular weight excluding hydrogens is 104 g/mol. The minimum Gasteiger partial charge on any atom is -0.499 e.